The zero-order valence-electron chi connectivity index (χ0n) is 20.6. The Hall–Kier alpha value is -2.55. The summed E-state index contributed by atoms with van der Waals surface area (Å²) in [7, 11) is 0. The lowest BCUT2D eigenvalue weighted by atomic mass is 9.92. The van der Waals surface area contributed by atoms with Crippen molar-refractivity contribution in [3.63, 3.8) is 0 Å². The molecule has 0 fully saturated rings. The third-order valence-corrected chi connectivity index (χ3v) is 5.45. The van der Waals surface area contributed by atoms with Gasteiger partial charge in [-0.15, -0.1) is 0 Å². The van der Waals surface area contributed by atoms with Crippen molar-refractivity contribution in [1.82, 2.24) is 10.6 Å². The Morgan fingerprint density at radius 1 is 0.326 bits per heavy atom. The highest BCUT2D eigenvalue weighted by Gasteiger charge is 2.92. The number of carbonyl (C=O) groups is 1. The molecule has 0 aliphatic carbocycles. The van der Waals surface area contributed by atoms with E-state index in [1.54, 1.807) is 0 Å². The molecule has 0 aromatic heterocycles. The van der Waals surface area contributed by atoms with Crippen LogP contribution in [0.15, 0.2) is 0 Å². The molecule has 29 heteroatoms. The van der Waals surface area contributed by atoms with Crippen LogP contribution in [-0.2, 0) is 0 Å². The first-order valence-electron chi connectivity index (χ1n) is 10.5. The third kappa shape index (κ3) is 6.59. The molecule has 0 spiro atoms. The van der Waals surface area contributed by atoms with Crippen molar-refractivity contribution in [3.05, 3.63) is 0 Å². The number of hydrogen-bond acceptors (Lipinski definition) is 1. The summed E-state index contributed by atoms with van der Waals surface area (Å²) in [5.74, 6) is -78.3. The average Bonchev–Trinajstić information content (AvgIpc) is 2.81. The zero-order chi connectivity index (χ0) is 37.8. The van der Waals surface area contributed by atoms with E-state index in [0.29, 0.717) is 0 Å². The van der Waals surface area contributed by atoms with E-state index in [9.17, 15) is 119 Å². The van der Waals surface area contributed by atoms with Crippen LogP contribution in [0.2, 0.25) is 0 Å². The van der Waals surface area contributed by atoms with E-state index in [1.165, 1.54) is 0 Å². The average molecular weight is 752 g/mol. The van der Waals surface area contributed by atoms with Gasteiger partial charge in [0.05, 0.1) is 0 Å². The molecule has 0 aliphatic rings. The largest absolute Gasteiger partial charge is 0.460 e. The molecule has 0 heterocycles. The van der Waals surface area contributed by atoms with Crippen LogP contribution in [0.1, 0.15) is 12.8 Å². The highest BCUT2D eigenvalue weighted by atomic mass is 19.4. The summed E-state index contributed by atoms with van der Waals surface area (Å²) in [5.41, 5.74) is 0. The molecule has 0 bridgehead atoms. The molecule has 46 heavy (non-hydrogen) atoms. The van der Waals surface area contributed by atoms with Crippen LogP contribution in [0.3, 0.4) is 0 Å². The Bertz CT molecular complexity index is 989. The Labute approximate surface area is 234 Å². The second-order valence-corrected chi connectivity index (χ2v) is 8.68. The van der Waals surface area contributed by atoms with Crippen LogP contribution in [0, 0.1) is 0 Å². The third-order valence-electron chi connectivity index (χ3n) is 5.45. The van der Waals surface area contributed by atoms with Gasteiger partial charge >= 0.3 is 77.6 Å². The van der Waals surface area contributed by atoms with Gasteiger partial charge < -0.3 is 10.6 Å². The van der Waals surface area contributed by atoms with Gasteiger partial charge in [0.25, 0.3) is 0 Å². The standard InChI is InChI=1S/C17H10F26N2O/c18-6(19,8(22,23)10(26,27)12(30,31)14(34,35)16(38,39)40)1-3-44-5(46)45-4-2-7(20,21)9(24,25)11(28,29)13(32,33)15(36,37)17(41,42)43/h1-4H2,(H2,44,45,46). The van der Waals surface area contributed by atoms with E-state index in [4.69, 9.17) is 0 Å². The molecule has 0 rings (SSSR count). The van der Waals surface area contributed by atoms with Crippen molar-refractivity contribution in [1.29, 1.82) is 0 Å². The lowest BCUT2D eigenvalue weighted by Crippen LogP contribution is -2.70. The van der Waals surface area contributed by atoms with E-state index in [1.807, 2.05) is 0 Å². The molecular weight excluding hydrogens is 742 g/mol. The van der Waals surface area contributed by atoms with E-state index in [2.05, 4.69) is 0 Å². The lowest BCUT2D eigenvalue weighted by molar-refractivity contribution is -0.440. The van der Waals surface area contributed by atoms with Gasteiger partial charge in [0, 0.05) is 25.9 Å². The highest BCUT2D eigenvalue weighted by Crippen LogP contribution is 2.62. The molecule has 0 aromatic carbocycles. The molecule has 0 unspecified atom stereocenters. The van der Waals surface area contributed by atoms with Gasteiger partial charge in [-0.1, -0.05) is 0 Å². The molecule has 2 N–H and O–H groups in total. The smallest absolute Gasteiger partial charge is 0.338 e. The quantitative estimate of drug-likeness (QED) is 0.172. The summed E-state index contributed by atoms with van der Waals surface area (Å²) in [6.07, 6.45) is -21.7. The second kappa shape index (κ2) is 11.9. The number of carbonyl (C=O) groups excluding carboxylic acids is 1. The Kier molecular flexibility index (Phi) is 11.2. The first-order chi connectivity index (χ1) is 19.6. The second-order valence-electron chi connectivity index (χ2n) is 8.68. The lowest BCUT2D eigenvalue weighted by Gasteiger charge is -2.39. The number of nitrogens with one attached hydrogen (secondary N) is 2. The topological polar surface area (TPSA) is 41.1 Å². The van der Waals surface area contributed by atoms with Crippen molar-refractivity contribution >= 4 is 6.03 Å². The highest BCUT2D eigenvalue weighted by molar-refractivity contribution is 5.73. The van der Waals surface area contributed by atoms with Crippen molar-refractivity contribution in [2.75, 3.05) is 13.1 Å². The molecule has 276 valence electrons. The maximum Gasteiger partial charge on any atom is 0.460 e. The number of halogens is 26. The monoisotopic (exact) mass is 752 g/mol. The van der Waals surface area contributed by atoms with Crippen LogP contribution in [-0.4, -0.2) is 90.7 Å². The van der Waals surface area contributed by atoms with Crippen LogP contribution in [0.25, 0.3) is 0 Å². The van der Waals surface area contributed by atoms with Crippen molar-refractivity contribution in [3.8, 4) is 0 Å². The Balaban J connectivity index is 5.63. The molecule has 0 aromatic rings. The minimum atomic E-state index is -8.29. The Morgan fingerprint density at radius 3 is 0.717 bits per heavy atom. The SMILES string of the molecule is O=C(NCCC(F)(F)C(F)(F)C(F)(F)C(F)(F)C(F)(F)C(F)(F)F)NCCC(F)(F)C(F)(F)C(F)(F)C(F)(F)C(F)(F)C(F)(F)F. The van der Waals surface area contributed by atoms with Gasteiger partial charge in [-0.25, -0.2) is 4.79 Å². The number of rotatable bonds is 14. The van der Waals surface area contributed by atoms with Gasteiger partial charge in [0.2, 0.25) is 0 Å². The summed E-state index contributed by atoms with van der Waals surface area (Å²) in [5, 5.41) is 1.45. The minimum absolute atomic E-state index is 0.723. The molecule has 0 aliphatic heterocycles. The van der Waals surface area contributed by atoms with Crippen molar-refractivity contribution in [2.24, 2.45) is 0 Å². The van der Waals surface area contributed by atoms with Crippen LogP contribution in [0.4, 0.5) is 119 Å². The molecule has 0 saturated heterocycles. The summed E-state index contributed by atoms with van der Waals surface area (Å²) in [4.78, 5) is 11.2. The van der Waals surface area contributed by atoms with Gasteiger partial charge in [-0.3, -0.25) is 0 Å². The van der Waals surface area contributed by atoms with E-state index >= 15 is 0 Å². The number of amides is 2. The van der Waals surface area contributed by atoms with Gasteiger partial charge in [-0.05, 0) is 0 Å². The fourth-order valence-electron chi connectivity index (χ4n) is 2.65. The van der Waals surface area contributed by atoms with Crippen LogP contribution < -0.4 is 10.6 Å². The van der Waals surface area contributed by atoms with E-state index < -0.39 is 104 Å². The molecule has 2 amide bonds. The van der Waals surface area contributed by atoms with Crippen molar-refractivity contribution in [2.45, 2.75) is 84.4 Å². The summed E-state index contributed by atoms with van der Waals surface area (Å²) in [6, 6.07) is -2.42. The maximum atomic E-state index is 13.6. The van der Waals surface area contributed by atoms with Gasteiger partial charge in [0.1, 0.15) is 0 Å². The molecule has 0 saturated carbocycles. The Morgan fingerprint density at radius 2 is 0.522 bits per heavy atom. The summed E-state index contributed by atoms with van der Waals surface area (Å²) in [6.45, 7) is -4.59. The molecule has 0 atom stereocenters. The molecule has 3 nitrogen and oxygen atoms in total. The normalized spacial score (nSPS) is 16.0. The molecular formula is C17H10F26N2O. The number of hydrogen-bond donors (Lipinski definition) is 2. The predicted molar refractivity (Wildman–Crippen MR) is 92.2 cm³/mol. The first-order valence-corrected chi connectivity index (χ1v) is 10.5. The first kappa shape index (κ1) is 43.5. The summed E-state index contributed by atoms with van der Waals surface area (Å²) >= 11 is 0. The van der Waals surface area contributed by atoms with E-state index in [-0.39, 0.29) is 0 Å². The summed E-state index contributed by atoms with van der Waals surface area (Å²) < 4.78 is 337. The van der Waals surface area contributed by atoms with E-state index in [0.717, 1.165) is 10.6 Å². The molecule has 0 radical (unpaired) electrons. The van der Waals surface area contributed by atoms with Gasteiger partial charge in [-0.2, -0.15) is 114 Å². The van der Waals surface area contributed by atoms with Crippen LogP contribution >= 0.6 is 0 Å². The number of urea groups is 1. The predicted octanol–water partition coefficient (Wildman–Crippen LogP) is 8.54. The maximum absolute atomic E-state index is 13.6. The fourth-order valence-corrected chi connectivity index (χ4v) is 2.65. The van der Waals surface area contributed by atoms with Crippen molar-refractivity contribution < 1.29 is 119 Å². The van der Waals surface area contributed by atoms with Crippen LogP contribution in [0.5, 0.6) is 0 Å². The number of alkyl halides is 26. The minimum Gasteiger partial charge on any atom is -0.338 e. The fraction of sp³-hybridized carbons (Fsp3) is 0.941. The van der Waals surface area contributed by atoms with Gasteiger partial charge in [0.15, 0.2) is 0 Å². The zero-order valence-corrected chi connectivity index (χ0v) is 20.6.